The highest BCUT2D eigenvalue weighted by atomic mass is 32.1. The van der Waals surface area contributed by atoms with Gasteiger partial charge in [0, 0.05) is 51.2 Å². The number of nitrogens with zero attached hydrogens (tertiary/aromatic N) is 5. The summed E-state index contributed by atoms with van der Waals surface area (Å²) in [6, 6.07) is 11.1. The van der Waals surface area contributed by atoms with Crippen molar-refractivity contribution in [2.45, 2.75) is 19.9 Å². The smallest absolute Gasteiger partial charge is 0.314 e. The van der Waals surface area contributed by atoms with Crippen LogP contribution in [0.2, 0.25) is 0 Å². The zero-order valence-corrected chi connectivity index (χ0v) is 20.8. The number of amides is 3. The first-order valence-electron chi connectivity index (χ1n) is 11.5. The van der Waals surface area contributed by atoms with Crippen LogP contribution in [0.4, 0.5) is 10.5 Å². The first kappa shape index (κ1) is 26.5. The summed E-state index contributed by atoms with van der Waals surface area (Å²) in [6.07, 6.45) is 2.41. The van der Waals surface area contributed by atoms with E-state index in [0.717, 1.165) is 48.6 Å². The fourth-order valence-electron chi connectivity index (χ4n) is 3.84. The van der Waals surface area contributed by atoms with Gasteiger partial charge in [-0.2, -0.15) is 10.5 Å². The molecule has 3 amide bonds. The van der Waals surface area contributed by atoms with E-state index in [1.807, 2.05) is 30.3 Å². The number of urea groups is 1. The second kappa shape index (κ2) is 12.5. The van der Waals surface area contributed by atoms with Gasteiger partial charge >= 0.3 is 6.03 Å². The highest BCUT2D eigenvalue weighted by Gasteiger charge is 2.18. The summed E-state index contributed by atoms with van der Waals surface area (Å²) in [6.45, 7) is 5.52. The van der Waals surface area contributed by atoms with Crippen LogP contribution in [-0.4, -0.2) is 65.6 Å². The van der Waals surface area contributed by atoms with Gasteiger partial charge in [-0.3, -0.25) is 19.1 Å². The van der Waals surface area contributed by atoms with Crippen molar-refractivity contribution in [3.8, 4) is 12.1 Å². The van der Waals surface area contributed by atoms with E-state index in [1.54, 1.807) is 24.1 Å². The molecule has 36 heavy (non-hydrogen) atoms. The Bertz CT molecular complexity index is 1370. The first-order chi connectivity index (χ1) is 17.4. The average Bonchev–Trinajstić information content (AvgIpc) is 3.20. The first-order valence-corrected chi connectivity index (χ1v) is 12.3. The number of nitrogens with one attached hydrogen (secondary N) is 2. The van der Waals surface area contributed by atoms with Gasteiger partial charge in [-0.25, -0.2) is 4.79 Å². The standard InChI is InChI=1S/C24H28N8O3S/c1-2-32-22(34)20(36-23(32)19(15-26)21(33)28-8-7-25)16-29-18-5-3-4-17(14-18)6-9-30-10-12-31(13-11-30)24(27)35/h3-5,14,16,29H,2,6,8-13H2,1H3,(H2,27,35)(H,28,33). The van der Waals surface area contributed by atoms with Crippen LogP contribution < -0.4 is 31.1 Å². The Morgan fingerprint density at radius 1 is 1.22 bits per heavy atom. The molecule has 2 heterocycles. The lowest BCUT2D eigenvalue weighted by Gasteiger charge is -2.33. The summed E-state index contributed by atoms with van der Waals surface area (Å²) in [5.74, 6) is -0.689. The SMILES string of the molecule is CCn1c(=C(C#N)C(=O)NCC#N)sc(=CNc2cccc(CCN3CCN(C(N)=O)CC3)c2)c1=O. The molecule has 1 aromatic heterocycles. The van der Waals surface area contributed by atoms with Crippen LogP contribution in [0.25, 0.3) is 11.8 Å². The molecule has 1 aromatic carbocycles. The van der Waals surface area contributed by atoms with E-state index in [-0.39, 0.29) is 28.4 Å². The van der Waals surface area contributed by atoms with E-state index >= 15 is 0 Å². The van der Waals surface area contributed by atoms with E-state index < -0.39 is 5.91 Å². The molecule has 0 bridgehead atoms. The van der Waals surface area contributed by atoms with Crippen LogP contribution in [0.15, 0.2) is 29.1 Å². The predicted molar refractivity (Wildman–Crippen MR) is 137 cm³/mol. The number of thiazole rings is 1. The molecule has 0 atom stereocenters. The molecule has 1 fully saturated rings. The van der Waals surface area contributed by atoms with E-state index in [2.05, 4.69) is 15.5 Å². The zero-order chi connectivity index (χ0) is 26.1. The molecule has 0 unspecified atom stereocenters. The monoisotopic (exact) mass is 508 g/mol. The molecular weight excluding hydrogens is 480 g/mol. The molecule has 0 spiro atoms. The average molecular weight is 509 g/mol. The third-order valence-electron chi connectivity index (χ3n) is 5.80. The minimum atomic E-state index is -0.689. The van der Waals surface area contributed by atoms with E-state index in [9.17, 15) is 19.6 Å². The van der Waals surface area contributed by atoms with Crippen LogP contribution in [0.3, 0.4) is 0 Å². The van der Waals surface area contributed by atoms with Crippen molar-refractivity contribution in [3.63, 3.8) is 0 Å². The molecule has 12 heteroatoms. The number of hydrogen-bond donors (Lipinski definition) is 3. The van der Waals surface area contributed by atoms with Gasteiger partial charge in [-0.1, -0.05) is 12.1 Å². The van der Waals surface area contributed by atoms with Gasteiger partial charge in [-0.05, 0) is 31.0 Å². The maximum atomic E-state index is 12.9. The van der Waals surface area contributed by atoms with Crippen molar-refractivity contribution in [2.75, 3.05) is 44.6 Å². The van der Waals surface area contributed by atoms with Gasteiger partial charge in [0.1, 0.15) is 21.8 Å². The molecule has 4 N–H and O–H groups in total. The minimum Gasteiger partial charge on any atom is -0.360 e. The highest BCUT2D eigenvalue weighted by molar-refractivity contribution is 7.07. The summed E-state index contributed by atoms with van der Waals surface area (Å²) in [4.78, 5) is 40.4. The van der Waals surface area contributed by atoms with Crippen molar-refractivity contribution >= 4 is 40.7 Å². The Hall–Kier alpha value is -4.13. The van der Waals surface area contributed by atoms with Crippen molar-refractivity contribution in [3.05, 3.63) is 49.4 Å². The van der Waals surface area contributed by atoms with E-state index in [1.165, 1.54) is 4.57 Å². The van der Waals surface area contributed by atoms with Crippen LogP contribution in [0, 0.1) is 22.7 Å². The number of rotatable bonds is 8. The summed E-state index contributed by atoms with van der Waals surface area (Å²) in [5, 5.41) is 23.7. The van der Waals surface area contributed by atoms with Gasteiger partial charge < -0.3 is 21.3 Å². The van der Waals surface area contributed by atoms with Gasteiger partial charge in [0.15, 0.2) is 5.57 Å². The number of aromatic nitrogens is 1. The van der Waals surface area contributed by atoms with Gasteiger partial charge in [0.05, 0.1) is 6.07 Å². The number of carbonyl (C=O) groups excluding carboxylic acids is 2. The molecular formula is C24H28N8O3S. The number of benzene rings is 1. The van der Waals surface area contributed by atoms with Crippen LogP contribution in [-0.2, 0) is 17.8 Å². The molecule has 1 aliphatic heterocycles. The molecule has 0 aliphatic carbocycles. The molecule has 1 saturated heterocycles. The molecule has 11 nitrogen and oxygen atoms in total. The third kappa shape index (κ3) is 6.50. The molecule has 1 aliphatic rings. The fourth-order valence-corrected chi connectivity index (χ4v) is 4.93. The lowest BCUT2D eigenvalue weighted by molar-refractivity contribution is -0.115. The Labute approximate surface area is 212 Å². The summed E-state index contributed by atoms with van der Waals surface area (Å²) in [7, 11) is 0. The van der Waals surface area contributed by atoms with Gasteiger partial charge in [0.25, 0.3) is 11.5 Å². The maximum Gasteiger partial charge on any atom is 0.314 e. The number of piperazine rings is 1. The van der Waals surface area contributed by atoms with Crippen molar-refractivity contribution < 1.29 is 9.59 Å². The number of nitrogens with two attached hydrogens (primary N) is 1. The lowest BCUT2D eigenvalue weighted by Crippen LogP contribution is -2.50. The van der Waals surface area contributed by atoms with Crippen LogP contribution in [0.1, 0.15) is 12.5 Å². The molecule has 188 valence electrons. The summed E-state index contributed by atoms with van der Waals surface area (Å²) < 4.78 is 1.97. The number of primary amides is 1. The maximum absolute atomic E-state index is 12.9. The third-order valence-corrected chi connectivity index (χ3v) is 6.93. The Morgan fingerprint density at radius 3 is 2.61 bits per heavy atom. The zero-order valence-electron chi connectivity index (χ0n) is 20.0. The Balaban J connectivity index is 1.75. The highest BCUT2D eigenvalue weighted by Crippen LogP contribution is 2.12. The Morgan fingerprint density at radius 2 is 1.97 bits per heavy atom. The van der Waals surface area contributed by atoms with Crippen LogP contribution in [0.5, 0.6) is 0 Å². The second-order valence-corrected chi connectivity index (χ2v) is 9.09. The second-order valence-electron chi connectivity index (χ2n) is 8.05. The number of carbonyl (C=O) groups is 2. The van der Waals surface area contributed by atoms with Crippen molar-refractivity contribution in [2.24, 2.45) is 5.73 Å². The molecule has 0 saturated carbocycles. The largest absolute Gasteiger partial charge is 0.360 e. The lowest BCUT2D eigenvalue weighted by atomic mass is 10.1. The van der Waals surface area contributed by atoms with Crippen LogP contribution >= 0.6 is 11.3 Å². The molecule has 0 radical (unpaired) electrons. The van der Waals surface area contributed by atoms with E-state index in [0.29, 0.717) is 24.2 Å². The van der Waals surface area contributed by atoms with E-state index in [4.69, 9.17) is 11.0 Å². The quantitative estimate of drug-likeness (QED) is 0.399. The number of anilines is 1. The molecule has 2 aromatic rings. The topological polar surface area (TPSA) is 160 Å². The summed E-state index contributed by atoms with van der Waals surface area (Å²) in [5.41, 5.74) is 6.76. The van der Waals surface area contributed by atoms with Crippen molar-refractivity contribution in [1.29, 1.82) is 10.5 Å². The number of nitriles is 2. The Kier molecular flexibility index (Phi) is 9.22. The fraction of sp³-hybridized carbons (Fsp3) is 0.375. The van der Waals surface area contributed by atoms with Gasteiger partial charge in [0.2, 0.25) is 0 Å². The number of hydrogen-bond acceptors (Lipinski definition) is 8. The van der Waals surface area contributed by atoms with Gasteiger partial charge in [-0.15, -0.1) is 11.3 Å². The molecule has 3 rings (SSSR count). The normalized spacial score (nSPS) is 15.1. The van der Waals surface area contributed by atoms with Crippen molar-refractivity contribution in [1.82, 2.24) is 19.7 Å². The summed E-state index contributed by atoms with van der Waals surface area (Å²) >= 11 is 1.05. The minimum absolute atomic E-state index is 0.201. The predicted octanol–water partition coefficient (Wildman–Crippen LogP) is -0.667.